The first kappa shape index (κ1) is 24.2. The maximum absolute atomic E-state index is 13.0. The molecule has 2 N–H and O–H groups in total. The summed E-state index contributed by atoms with van der Waals surface area (Å²) in [5.74, 6) is 0.929. The highest BCUT2D eigenvalue weighted by atomic mass is 79.9. The van der Waals surface area contributed by atoms with Gasteiger partial charge in [0, 0.05) is 29.8 Å². The van der Waals surface area contributed by atoms with Crippen LogP contribution in [0.1, 0.15) is 43.2 Å². The lowest BCUT2D eigenvalue weighted by molar-refractivity contribution is -0.116. The maximum Gasteiger partial charge on any atom is 0.175 e. The third kappa shape index (κ3) is 4.53. The molecule has 0 spiro atoms. The molecular formula is C26H25BrClN3O3. The Balaban J connectivity index is 1.78. The van der Waals surface area contributed by atoms with Crippen LogP contribution in [0.25, 0.3) is 0 Å². The number of nitrogens with two attached hydrogens (primary N) is 1. The Labute approximate surface area is 212 Å². The number of ether oxygens (including phenoxy) is 2. The molecule has 0 radical (unpaired) electrons. The smallest absolute Gasteiger partial charge is 0.175 e. The average molecular weight is 543 g/mol. The molecule has 2 aromatic rings. The largest absolute Gasteiger partial charge is 0.490 e. The summed E-state index contributed by atoms with van der Waals surface area (Å²) >= 11 is 9.72. The van der Waals surface area contributed by atoms with Crippen LogP contribution in [0.15, 0.2) is 63.5 Å². The van der Waals surface area contributed by atoms with Crippen LogP contribution in [0, 0.1) is 11.3 Å². The molecule has 0 saturated heterocycles. The third-order valence-electron chi connectivity index (χ3n) is 6.11. The summed E-state index contributed by atoms with van der Waals surface area (Å²) < 4.78 is 12.7. The molecule has 0 bridgehead atoms. The van der Waals surface area contributed by atoms with Crippen LogP contribution in [0.2, 0.25) is 5.02 Å². The van der Waals surface area contributed by atoms with Crippen molar-refractivity contribution in [2.24, 2.45) is 5.73 Å². The van der Waals surface area contributed by atoms with E-state index in [1.807, 2.05) is 50.4 Å². The van der Waals surface area contributed by atoms with Gasteiger partial charge >= 0.3 is 0 Å². The van der Waals surface area contributed by atoms with Gasteiger partial charge in [0.15, 0.2) is 17.3 Å². The van der Waals surface area contributed by atoms with E-state index < -0.39 is 5.92 Å². The van der Waals surface area contributed by atoms with Crippen molar-refractivity contribution in [2.75, 3.05) is 13.7 Å². The van der Waals surface area contributed by atoms with Crippen molar-refractivity contribution in [3.05, 3.63) is 79.7 Å². The fraction of sp³-hybridized carbons (Fsp3) is 0.308. The number of ketones is 1. The molecule has 8 heteroatoms. The molecule has 34 heavy (non-hydrogen) atoms. The topological polar surface area (TPSA) is 88.6 Å². The Morgan fingerprint density at radius 3 is 2.76 bits per heavy atom. The number of carbonyl (C=O) groups excluding carboxylic acids is 1. The quantitative estimate of drug-likeness (QED) is 0.495. The second kappa shape index (κ2) is 10.1. The molecule has 0 fully saturated rings. The van der Waals surface area contributed by atoms with Crippen LogP contribution < -0.4 is 15.2 Å². The molecule has 4 rings (SSSR count). The Morgan fingerprint density at radius 1 is 1.26 bits per heavy atom. The second-order valence-corrected chi connectivity index (χ2v) is 9.51. The number of hydrogen-bond acceptors (Lipinski definition) is 6. The van der Waals surface area contributed by atoms with Crippen molar-refractivity contribution in [3.63, 3.8) is 0 Å². The summed E-state index contributed by atoms with van der Waals surface area (Å²) in [5, 5.41) is 10.6. The average Bonchev–Trinajstić information content (AvgIpc) is 2.81. The zero-order valence-corrected chi connectivity index (χ0v) is 21.4. The monoisotopic (exact) mass is 541 g/mol. The van der Waals surface area contributed by atoms with Crippen molar-refractivity contribution in [1.29, 1.82) is 5.26 Å². The van der Waals surface area contributed by atoms with E-state index in [2.05, 4.69) is 22.0 Å². The molecular weight excluding hydrogens is 518 g/mol. The van der Waals surface area contributed by atoms with Crippen LogP contribution in [0.4, 0.5) is 0 Å². The van der Waals surface area contributed by atoms with Crippen molar-refractivity contribution in [1.82, 2.24) is 4.90 Å². The van der Waals surface area contributed by atoms with Crippen LogP contribution in [-0.4, -0.2) is 24.3 Å². The second-order valence-electron chi connectivity index (χ2n) is 8.22. The first-order valence-corrected chi connectivity index (χ1v) is 12.3. The fourth-order valence-corrected chi connectivity index (χ4v) is 5.32. The van der Waals surface area contributed by atoms with Crippen LogP contribution >= 0.6 is 27.5 Å². The van der Waals surface area contributed by atoms with E-state index >= 15 is 0 Å². The Bertz CT molecular complexity index is 1250. The van der Waals surface area contributed by atoms with Crippen molar-refractivity contribution >= 4 is 33.3 Å². The minimum atomic E-state index is -0.554. The molecule has 0 saturated carbocycles. The number of rotatable bonds is 6. The van der Waals surface area contributed by atoms with E-state index in [1.54, 1.807) is 4.90 Å². The maximum atomic E-state index is 13.0. The van der Waals surface area contributed by atoms with Crippen molar-refractivity contribution in [3.8, 4) is 17.6 Å². The highest BCUT2D eigenvalue weighted by molar-refractivity contribution is 9.10. The standard InChI is InChI=1S/C26H25BrClN3O3/c1-3-33-22-12-16(11-19(27)25(22)34-14-15-6-4-7-17(28)10-15)23-18(13-29)26(30)31(2)20-8-5-9-21(32)24(20)23/h4,6-7,10-12,23H,3,5,8-9,14,30H2,1-2H3/t23-/m1/s1. The molecule has 6 nitrogen and oxygen atoms in total. The third-order valence-corrected chi connectivity index (χ3v) is 6.93. The number of halogens is 2. The summed E-state index contributed by atoms with van der Waals surface area (Å²) in [7, 11) is 1.81. The molecule has 1 aliphatic carbocycles. The molecule has 1 atom stereocenters. The van der Waals surface area contributed by atoms with Gasteiger partial charge < -0.3 is 20.1 Å². The van der Waals surface area contributed by atoms with Gasteiger partial charge in [0.25, 0.3) is 0 Å². The molecule has 0 aromatic heterocycles. The van der Waals surface area contributed by atoms with Crippen molar-refractivity contribution in [2.45, 2.75) is 38.7 Å². The zero-order chi connectivity index (χ0) is 24.4. The molecule has 1 heterocycles. The summed E-state index contributed by atoms with van der Waals surface area (Å²) in [6, 6.07) is 13.4. The van der Waals surface area contributed by atoms with Crippen LogP contribution in [0.3, 0.4) is 0 Å². The molecule has 2 aliphatic rings. The molecule has 0 unspecified atom stereocenters. The number of Topliss-reactive ketones (excluding diaryl/α,β-unsaturated/α-hetero) is 1. The number of carbonyl (C=O) groups is 1. The summed E-state index contributed by atoms with van der Waals surface area (Å²) in [4.78, 5) is 14.8. The van der Waals surface area contributed by atoms with Gasteiger partial charge in [-0.05, 0) is 71.1 Å². The molecule has 2 aromatic carbocycles. The van der Waals surface area contributed by atoms with Gasteiger partial charge in [-0.3, -0.25) is 4.79 Å². The van der Waals surface area contributed by atoms with Crippen LogP contribution in [0.5, 0.6) is 11.5 Å². The SMILES string of the molecule is CCOc1cc([C@@H]2C(C#N)=C(N)N(C)C3=C2C(=O)CCC3)cc(Br)c1OCc1cccc(Cl)c1. The predicted octanol–water partition coefficient (Wildman–Crippen LogP) is 5.81. The Morgan fingerprint density at radius 2 is 2.06 bits per heavy atom. The van der Waals surface area contributed by atoms with E-state index in [1.165, 1.54) is 0 Å². The zero-order valence-electron chi connectivity index (χ0n) is 19.0. The van der Waals surface area contributed by atoms with Gasteiger partial charge in [0.2, 0.25) is 0 Å². The molecule has 0 amide bonds. The Kier molecular flexibility index (Phi) is 7.20. The number of hydrogen-bond donors (Lipinski definition) is 1. The van der Waals surface area contributed by atoms with E-state index in [9.17, 15) is 10.1 Å². The minimum absolute atomic E-state index is 0.0497. The van der Waals surface area contributed by atoms with E-state index in [0.717, 1.165) is 29.7 Å². The predicted molar refractivity (Wildman–Crippen MR) is 134 cm³/mol. The molecule has 176 valence electrons. The highest BCUT2D eigenvalue weighted by Gasteiger charge is 2.39. The molecule has 1 aliphatic heterocycles. The first-order chi connectivity index (χ1) is 16.3. The lowest BCUT2D eigenvalue weighted by Crippen LogP contribution is -2.36. The van der Waals surface area contributed by atoms with Gasteiger partial charge in [-0.2, -0.15) is 5.26 Å². The van der Waals surface area contributed by atoms with Gasteiger partial charge in [-0.25, -0.2) is 0 Å². The number of allylic oxidation sites excluding steroid dienone is 3. The normalized spacial score (nSPS) is 18.0. The van der Waals surface area contributed by atoms with E-state index in [4.69, 9.17) is 26.8 Å². The summed E-state index contributed by atoms with van der Waals surface area (Å²) in [6.45, 7) is 2.62. The van der Waals surface area contributed by atoms with Gasteiger partial charge in [0.05, 0.1) is 28.6 Å². The van der Waals surface area contributed by atoms with Crippen molar-refractivity contribution < 1.29 is 14.3 Å². The van der Waals surface area contributed by atoms with E-state index in [-0.39, 0.29) is 5.78 Å². The van der Waals surface area contributed by atoms with Crippen LogP contribution in [-0.2, 0) is 11.4 Å². The first-order valence-electron chi connectivity index (χ1n) is 11.1. The lowest BCUT2D eigenvalue weighted by atomic mass is 9.76. The summed E-state index contributed by atoms with van der Waals surface area (Å²) in [6.07, 6.45) is 1.98. The van der Waals surface area contributed by atoms with Gasteiger partial charge in [0.1, 0.15) is 12.4 Å². The number of nitrogens with zero attached hydrogens (tertiary/aromatic N) is 2. The fourth-order valence-electron chi connectivity index (χ4n) is 4.54. The summed E-state index contributed by atoms with van der Waals surface area (Å²) in [5.41, 5.74) is 9.92. The highest BCUT2D eigenvalue weighted by Crippen LogP contribution is 2.47. The minimum Gasteiger partial charge on any atom is -0.490 e. The van der Waals surface area contributed by atoms with E-state index in [0.29, 0.717) is 57.6 Å². The van der Waals surface area contributed by atoms with Gasteiger partial charge in [-0.1, -0.05) is 23.7 Å². The number of nitriles is 1. The Hall–Kier alpha value is -2.95. The number of benzene rings is 2. The lowest BCUT2D eigenvalue weighted by Gasteiger charge is -2.37. The van der Waals surface area contributed by atoms with Gasteiger partial charge in [-0.15, -0.1) is 0 Å².